The molecule has 1 aromatic heterocycles. The van der Waals surface area contributed by atoms with E-state index in [0.29, 0.717) is 0 Å². The van der Waals surface area contributed by atoms with Crippen molar-refractivity contribution >= 4 is 22.9 Å². The number of ether oxygens (including phenoxy) is 1. The van der Waals surface area contributed by atoms with Crippen LogP contribution in [0.2, 0.25) is 0 Å². The maximum absolute atomic E-state index is 12.9. The largest absolute Gasteiger partial charge is 0.497 e. The number of thiophene rings is 1. The molecular formula is C18H19NO2S. The molecule has 0 N–H and O–H groups in total. The molecule has 2 aliphatic rings. The van der Waals surface area contributed by atoms with E-state index in [1.807, 2.05) is 17.0 Å². The van der Waals surface area contributed by atoms with E-state index in [9.17, 15) is 4.79 Å². The zero-order valence-corrected chi connectivity index (χ0v) is 13.5. The van der Waals surface area contributed by atoms with Crippen LogP contribution in [-0.4, -0.2) is 19.6 Å². The number of amides is 1. The van der Waals surface area contributed by atoms with E-state index in [0.717, 1.165) is 48.5 Å². The molecule has 0 unspecified atom stereocenters. The van der Waals surface area contributed by atoms with Crippen LogP contribution in [0.4, 0.5) is 5.69 Å². The number of hydrogen-bond acceptors (Lipinski definition) is 3. The van der Waals surface area contributed by atoms with E-state index >= 15 is 0 Å². The van der Waals surface area contributed by atoms with Crippen LogP contribution in [0, 0.1) is 0 Å². The number of aryl methyl sites for hydroxylation is 3. The van der Waals surface area contributed by atoms with Gasteiger partial charge in [-0.15, -0.1) is 11.3 Å². The van der Waals surface area contributed by atoms with Gasteiger partial charge in [0, 0.05) is 17.1 Å². The first kappa shape index (κ1) is 13.8. The molecule has 1 amide bonds. The lowest BCUT2D eigenvalue weighted by Crippen LogP contribution is -2.35. The molecule has 0 fully saturated rings. The fraction of sp³-hybridized carbons (Fsp3) is 0.389. The van der Waals surface area contributed by atoms with Crippen LogP contribution in [0.1, 0.15) is 38.5 Å². The maximum Gasteiger partial charge on any atom is 0.268 e. The molecular weight excluding hydrogens is 294 g/mol. The standard InChI is InChI=1S/C18H19NO2S/c1-21-14-7-8-15-12(10-14)5-3-9-19(15)18(20)17-11-13-4-2-6-16(13)22-17/h7-8,10-11H,2-6,9H2,1H3. The molecule has 22 heavy (non-hydrogen) atoms. The second-order valence-corrected chi connectivity index (χ2v) is 7.10. The number of carbonyl (C=O) groups excluding carboxylic acids is 1. The van der Waals surface area contributed by atoms with Crippen molar-refractivity contribution in [3.05, 3.63) is 45.1 Å². The number of nitrogens with zero attached hydrogens (tertiary/aromatic N) is 1. The van der Waals surface area contributed by atoms with Gasteiger partial charge in [0.25, 0.3) is 5.91 Å². The molecule has 0 saturated heterocycles. The lowest BCUT2D eigenvalue weighted by atomic mass is 10.0. The van der Waals surface area contributed by atoms with Gasteiger partial charge in [0.1, 0.15) is 5.75 Å². The molecule has 1 aliphatic carbocycles. The van der Waals surface area contributed by atoms with Crippen molar-refractivity contribution in [1.29, 1.82) is 0 Å². The Morgan fingerprint density at radius 2 is 2.00 bits per heavy atom. The molecule has 2 aromatic rings. The van der Waals surface area contributed by atoms with E-state index in [1.165, 1.54) is 22.4 Å². The highest BCUT2D eigenvalue weighted by Gasteiger charge is 2.26. The smallest absolute Gasteiger partial charge is 0.268 e. The van der Waals surface area contributed by atoms with Crippen LogP contribution in [-0.2, 0) is 19.3 Å². The van der Waals surface area contributed by atoms with Gasteiger partial charge in [0.2, 0.25) is 0 Å². The van der Waals surface area contributed by atoms with Crippen LogP contribution in [0.5, 0.6) is 5.75 Å². The summed E-state index contributed by atoms with van der Waals surface area (Å²) < 4.78 is 5.30. The van der Waals surface area contributed by atoms with Crippen molar-refractivity contribution < 1.29 is 9.53 Å². The Morgan fingerprint density at radius 3 is 2.82 bits per heavy atom. The summed E-state index contributed by atoms with van der Waals surface area (Å²) in [6.45, 7) is 0.806. The summed E-state index contributed by atoms with van der Waals surface area (Å²) in [5.41, 5.74) is 3.65. The average molecular weight is 313 g/mol. The molecule has 0 radical (unpaired) electrons. The minimum atomic E-state index is 0.158. The van der Waals surface area contributed by atoms with E-state index in [1.54, 1.807) is 18.4 Å². The van der Waals surface area contributed by atoms with Gasteiger partial charge in [-0.1, -0.05) is 0 Å². The van der Waals surface area contributed by atoms with Crippen LogP contribution in [0.15, 0.2) is 24.3 Å². The third kappa shape index (κ3) is 2.22. The van der Waals surface area contributed by atoms with Gasteiger partial charge in [-0.2, -0.15) is 0 Å². The maximum atomic E-state index is 12.9. The van der Waals surface area contributed by atoms with Crippen LogP contribution in [0.25, 0.3) is 0 Å². The molecule has 2 heterocycles. The summed E-state index contributed by atoms with van der Waals surface area (Å²) in [6, 6.07) is 8.14. The highest BCUT2D eigenvalue weighted by atomic mass is 32.1. The van der Waals surface area contributed by atoms with Crippen LogP contribution < -0.4 is 9.64 Å². The van der Waals surface area contributed by atoms with Crippen LogP contribution in [0.3, 0.4) is 0 Å². The predicted molar refractivity (Wildman–Crippen MR) is 89.3 cm³/mol. The lowest BCUT2D eigenvalue weighted by Gasteiger charge is -2.29. The molecule has 0 bridgehead atoms. The predicted octanol–water partition coefficient (Wildman–Crippen LogP) is 3.84. The van der Waals surface area contributed by atoms with E-state index in [4.69, 9.17) is 4.74 Å². The van der Waals surface area contributed by atoms with Gasteiger partial charge in [-0.25, -0.2) is 0 Å². The van der Waals surface area contributed by atoms with Gasteiger partial charge in [-0.3, -0.25) is 4.79 Å². The summed E-state index contributed by atoms with van der Waals surface area (Å²) >= 11 is 1.69. The van der Waals surface area contributed by atoms with Gasteiger partial charge in [-0.05, 0) is 67.5 Å². The summed E-state index contributed by atoms with van der Waals surface area (Å²) in [4.78, 5) is 17.2. The van der Waals surface area contributed by atoms with E-state index in [-0.39, 0.29) is 5.91 Å². The summed E-state index contributed by atoms with van der Waals surface area (Å²) in [7, 11) is 1.68. The Labute approximate surface area is 134 Å². The molecule has 3 nitrogen and oxygen atoms in total. The monoisotopic (exact) mass is 313 g/mol. The van der Waals surface area contributed by atoms with Crippen molar-refractivity contribution in [3.63, 3.8) is 0 Å². The number of fused-ring (bicyclic) bond motifs is 2. The fourth-order valence-corrected chi connectivity index (χ4v) is 4.68. The molecule has 4 heteroatoms. The van der Waals surface area contributed by atoms with E-state index < -0.39 is 0 Å². The highest BCUT2D eigenvalue weighted by molar-refractivity contribution is 7.14. The Bertz CT molecular complexity index is 713. The summed E-state index contributed by atoms with van der Waals surface area (Å²) in [5, 5.41) is 0. The van der Waals surface area contributed by atoms with Crippen molar-refractivity contribution in [2.45, 2.75) is 32.1 Å². The fourth-order valence-electron chi connectivity index (χ4n) is 3.48. The second kappa shape index (κ2) is 5.43. The molecule has 114 valence electrons. The van der Waals surface area contributed by atoms with Gasteiger partial charge in [0.05, 0.1) is 12.0 Å². The first-order valence-corrected chi connectivity index (χ1v) is 8.68. The number of anilines is 1. The zero-order chi connectivity index (χ0) is 15.1. The first-order valence-electron chi connectivity index (χ1n) is 7.86. The molecule has 1 aliphatic heterocycles. The lowest BCUT2D eigenvalue weighted by molar-refractivity contribution is 0.0989. The Balaban J connectivity index is 1.67. The third-order valence-corrected chi connectivity index (χ3v) is 5.83. The molecule has 0 atom stereocenters. The Morgan fingerprint density at radius 1 is 1.14 bits per heavy atom. The highest BCUT2D eigenvalue weighted by Crippen LogP contribution is 2.35. The van der Waals surface area contributed by atoms with Gasteiger partial charge >= 0.3 is 0 Å². The van der Waals surface area contributed by atoms with Gasteiger partial charge < -0.3 is 9.64 Å². The first-order chi connectivity index (χ1) is 10.8. The Kier molecular flexibility index (Phi) is 3.41. The molecule has 0 spiro atoms. The number of methoxy groups -OCH3 is 1. The second-order valence-electron chi connectivity index (χ2n) is 5.97. The molecule has 1 aromatic carbocycles. The minimum absolute atomic E-state index is 0.158. The topological polar surface area (TPSA) is 29.5 Å². The van der Waals surface area contributed by atoms with Crippen LogP contribution >= 0.6 is 11.3 Å². The molecule has 4 rings (SSSR count). The van der Waals surface area contributed by atoms with Gasteiger partial charge in [0.15, 0.2) is 0 Å². The van der Waals surface area contributed by atoms with Crippen molar-refractivity contribution in [1.82, 2.24) is 0 Å². The number of rotatable bonds is 2. The third-order valence-electron chi connectivity index (χ3n) is 4.61. The normalized spacial score (nSPS) is 16.3. The van der Waals surface area contributed by atoms with E-state index in [2.05, 4.69) is 12.1 Å². The summed E-state index contributed by atoms with van der Waals surface area (Å²) in [6.07, 6.45) is 5.53. The Hall–Kier alpha value is -1.81. The minimum Gasteiger partial charge on any atom is -0.497 e. The van der Waals surface area contributed by atoms with Crippen molar-refractivity contribution in [3.8, 4) is 5.75 Å². The average Bonchev–Trinajstić information content (AvgIpc) is 3.14. The number of carbonyl (C=O) groups is 1. The van der Waals surface area contributed by atoms with Crippen molar-refractivity contribution in [2.75, 3.05) is 18.6 Å². The molecule has 0 saturated carbocycles. The number of benzene rings is 1. The summed E-state index contributed by atoms with van der Waals surface area (Å²) in [5.74, 6) is 1.02. The SMILES string of the molecule is COc1ccc2c(c1)CCCN2C(=O)c1cc2c(s1)CCC2. The zero-order valence-electron chi connectivity index (χ0n) is 12.7. The van der Waals surface area contributed by atoms with Crippen molar-refractivity contribution in [2.24, 2.45) is 0 Å². The quantitative estimate of drug-likeness (QED) is 0.843. The number of hydrogen-bond donors (Lipinski definition) is 0.